The Morgan fingerprint density at radius 1 is 1.09 bits per heavy atom. The Kier molecular flexibility index (Phi) is 6.50. The van der Waals surface area contributed by atoms with E-state index in [1.54, 1.807) is 0 Å². The fourth-order valence-electron chi connectivity index (χ4n) is 3.43. The minimum atomic E-state index is 0.129. The van der Waals surface area contributed by atoms with Gasteiger partial charge < -0.3 is 24.4 Å². The van der Waals surface area contributed by atoms with Crippen molar-refractivity contribution in [1.82, 2.24) is 15.1 Å². The van der Waals surface area contributed by atoms with Gasteiger partial charge in [0.25, 0.3) is 0 Å². The molecule has 7 nitrogen and oxygen atoms in total. The first-order chi connectivity index (χ1) is 11.3. The molecule has 0 bridgehead atoms. The van der Waals surface area contributed by atoms with Crippen LogP contribution in [-0.2, 0) is 14.2 Å². The smallest absolute Gasteiger partial charge is 0.193 e. The molecule has 23 heavy (non-hydrogen) atoms. The Bertz CT molecular complexity index is 374. The minimum Gasteiger partial charge on any atom is -0.381 e. The minimum absolute atomic E-state index is 0.129. The molecule has 0 aliphatic carbocycles. The third-order valence-electron chi connectivity index (χ3n) is 4.80. The lowest BCUT2D eigenvalue weighted by atomic mass is 10.1. The number of rotatable bonds is 4. The first-order valence-corrected chi connectivity index (χ1v) is 8.80. The molecule has 0 aromatic rings. The van der Waals surface area contributed by atoms with E-state index >= 15 is 0 Å². The number of ether oxygens (including phenoxy) is 3. The molecule has 0 amide bonds. The van der Waals surface area contributed by atoms with Crippen molar-refractivity contribution in [2.75, 3.05) is 79.4 Å². The Morgan fingerprint density at radius 2 is 1.91 bits per heavy atom. The van der Waals surface area contributed by atoms with Crippen molar-refractivity contribution in [3.05, 3.63) is 0 Å². The highest BCUT2D eigenvalue weighted by atomic mass is 16.6. The van der Waals surface area contributed by atoms with Gasteiger partial charge in [-0.05, 0) is 12.3 Å². The quantitative estimate of drug-likeness (QED) is 0.562. The van der Waals surface area contributed by atoms with Crippen molar-refractivity contribution >= 4 is 5.96 Å². The average molecular weight is 326 g/mol. The van der Waals surface area contributed by atoms with Gasteiger partial charge in [-0.1, -0.05) is 0 Å². The molecule has 132 valence electrons. The summed E-state index contributed by atoms with van der Waals surface area (Å²) in [4.78, 5) is 9.32. The van der Waals surface area contributed by atoms with E-state index in [9.17, 15) is 0 Å². The number of piperazine rings is 1. The number of hydrogen-bond donors (Lipinski definition) is 1. The Balaban J connectivity index is 1.38. The summed E-state index contributed by atoms with van der Waals surface area (Å²) in [7, 11) is 1.85. The van der Waals surface area contributed by atoms with Gasteiger partial charge >= 0.3 is 0 Å². The van der Waals surface area contributed by atoms with Crippen molar-refractivity contribution in [2.45, 2.75) is 12.5 Å². The van der Waals surface area contributed by atoms with Crippen LogP contribution in [0.15, 0.2) is 4.99 Å². The van der Waals surface area contributed by atoms with Crippen LogP contribution < -0.4 is 5.32 Å². The van der Waals surface area contributed by atoms with E-state index in [4.69, 9.17) is 14.2 Å². The van der Waals surface area contributed by atoms with Crippen molar-refractivity contribution < 1.29 is 14.2 Å². The number of nitrogens with zero attached hydrogens (tertiary/aromatic N) is 3. The average Bonchev–Trinajstić information content (AvgIpc) is 3.11. The van der Waals surface area contributed by atoms with E-state index in [1.807, 2.05) is 7.05 Å². The molecule has 7 heteroatoms. The molecule has 0 saturated carbocycles. The van der Waals surface area contributed by atoms with E-state index < -0.39 is 0 Å². The molecular weight excluding hydrogens is 296 g/mol. The fourth-order valence-corrected chi connectivity index (χ4v) is 3.43. The summed E-state index contributed by atoms with van der Waals surface area (Å²) in [5.74, 6) is 1.70. The highest BCUT2D eigenvalue weighted by Crippen LogP contribution is 2.15. The monoisotopic (exact) mass is 326 g/mol. The number of nitrogens with one attached hydrogen (secondary N) is 1. The third kappa shape index (κ3) is 5.04. The summed E-state index contributed by atoms with van der Waals surface area (Å²) in [5, 5.41) is 3.43. The summed E-state index contributed by atoms with van der Waals surface area (Å²) in [6, 6.07) is 0. The molecule has 0 spiro atoms. The lowest BCUT2D eigenvalue weighted by Gasteiger charge is -2.37. The molecular formula is C16H30N4O3. The highest BCUT2D eigenvalue weighted by molar-refractivity contribution is 5.80. The molecule has 3 aliphatic heterocycles. The summed E-state index contributed by atoms with van der Waals surface area (Å²) < 4.78 is 16.6. The standard InChI is InChI=1S/C16H30N4O3/c1-17-16(18-10-15-13-22-8-9-23-15)20-5-3-19(4-6-20)11-14-2-7-21-12-14/h14-15H,2-13H2,1H3,(H,17,18). The SMILES string of the molecule is CN=C(NCC1COCCO1)N1CCN(CC2CCOC2)CC1. The summed E-state index contributed by atoms with van der Waals surface area (Å²) in [6.07, 6.45) is 1.34. The van der Waals surface area contributed by atoms with Crippen LogP contribution in [-0.4, -0.2) is 101 Å². The second kappa shape index (κ2) is 8.82. The van der Waals surface area contributed by atoms with Gasteiger partial charge in [0.2, 0.25) is 0 Å². The zero-order valence-electron chi connectivity index (χ0n) is 14.2. The second-order valence-electron chi connectivity index (χ2n) is 6.51. The molecule has 0 aromatic carbocycles. The Morgan fingerprint density at radius 3 is 2.57 bits per heavy atom. The van der Waals surface area contributed by atoms with Crippen molar-refractivity contribution in [3.63, 3.8) is 0 Å². The van der Waals surface area contributed by atoms with Crippen LogP contribution in [0.5, 0.6) is 0 Å². The summed E-state index contributed by atoms with van der Waals surface area (Å²) in [6.45, 7) is 10.1. The zero-order valence-corrected chi connectivity index (χ0v) is 14.2. The van der Waals surface area contributed by atoms with E-state index in [2.05, 4.69) is 20.1 Å². The Labute approximate surface area is 139 Å². The molecule has 1 N–H and O–H groups in total. The maximum atomic E-state index is 5.67. The van der Waals surface area contributed by atoms with Crippen LogP contribution in [0.25, 0.3) is 0 Å². The Hall–Kier alpha value is -0.890. The molecule has 3 saturated heterocycles. The molecule has 0 radical (unpaired) electrons. The molecule has 0 aromatic heterocycles. The number of aliphatic imine (C=N–C) groups is 1. The summed E-state index contributed by atoms with van der Waals surface area (Å²) in [5.41, 5.74) is 0. The lowest BCUT2D eigenvalue weighted by Crippen LogP contribution is -2.54. The molecule has 3 fully saturated rings. The zero-order chi connectivity index (χ0) is 15.9. The summed E-state index contributed by atoms with van der Waals surface area (Å²) >= 11 is 0. The number of guanidine groups is 1. The van der Waals surface area contributed by atoms with E-state index in [0.29, 0.717) is 19.8 Å². The van der Waals surface area contributed by atoms with Gasteiger partial charge in [0.05, 0.1) is 32.5 Å². The van der Waals surface area contributed by atoms with Crippen molar-refractivity contribution in [2.24, 2.45) is 10.9 Å². The van der Waals surface area contributed by atoms with Crippen LogP contribution in [0.4, 0.5) is 0 Å². The predicted octanol–water partition coefficient (Wildman–Crippen LogP) is -0.369. The van der Waals surface area contributed by atoms with Gasteiger partial charge in [-0.25, -0.2) is 0 Å². The first kappa shape index (κ1) is 17.0. The third-order valence-corrected chi connectivity index (χ3v) is 4.80. The topological polar surface area (TPSA) is 58.6 Å². The van der Waals surface area contributed by atoms with Gasteiger partial charge in [-0.3, -0.25) is 9.89 Å². The highest BCUT2D eigenvalue weighted by Gasteiger charge is 2.24. The van der Waals surface area contributed by atoms with E-state index in [1.165, 1.54) is 13.0 Å². The molecule has 2 atom stereocenters. The van der Waals surface area contributed by atoms with E-state index in [0.717, 1.165) is 57.8 Å². The van der Waals surface area contributed by atoms with Gasteiger partial charge in [-0.15, -0.1) is 0 Å². The normalized spacial score (nSPS) is 30.7. The van der Waals surface area contributed by atoms with Gasteiger partial charge in [0.1, 0.15) is 0 Å². The van der Waals surface area contributed by atoms with Crippen LogP contribution in [0, 0.1) is 5.92 Å². The van der Waals surface area contributed by atoms with Gasteiger partial charge in [-0.2, -0.15) is 0 Å². The van der Waals surface area contributed by atoms with Gasteiger partial charge in [0.15, 0.2) is 5.96 Å². The first-order valence-electron chi connectivity index (χ1n) is 8.80. The molecule has 2 unspecified atom stereocenters. The largest absolute Gasteiger partial charge is 0.381 e. The maximum absolute atomic E-state index is 5.67. The van der Waals surface area contributed by atoms with Crippen LogP contribution in [0.1, 0.15) is 6.42 Å². The van der Waals surface area contributed by atoms with Crippen LogP contribution >= 0.6 is 0 Å². The number of hydrogen-bond acceptors (Lipinski definition) is 5. The van der Waals surface area contributed by atoms with E-state index in [-0.39, 0.29) is 6.10 Å². The lowest BCUT2D eigenvalue weighted by molar-refractivity contribution is -0.0852. The molecule has 3 aliphatic rings. The van der Waals surface area contributed by atoms with Crippen LogP contribution in [0.3, 0.4) is 0 Å². The molecule has 3 rings (SSSR count). The fraction of sp³-hybridized carbons (Fsp3) is 0.938. The predicted molar refractivity (Wildman–Crippen MR) is 88.9 cm³/mol. The van der Waals surface area contributed by atoms with Crippen molar-refractivity contribution in [1.29, 1.82) is 0 Å². The maximum Gasteiger partial charge on any atom is 0.193 e. The van der Waals surface area contributed by atoms with Crippen molar-refractivity contribution in [3.8, 4) is 0 Å². The van der Waals surface area contributed by atoms with Gasteiger partial charge in [0, 0.05) is 52.9 Å². The van der Waals surface area contributed by atoms with Crippen LogP contribution in [0.2, 0.25) is 0 Å². The second-order valence-corrected chi connectivity index (χ2v) is 6.51. The molecule has 3 heterocycles.